The average molecular weight is 459 g/mol. The van der Waals surface area contributed by atoms with Crippen LogP contribution < -0.4 is 9.47 Å². The molecule has 32 heavy (non-hydrogen) atoms. The van der Waals surface area contributed by atoms with Gasteiger partial charge in [-0.3, -0.25) is 9.59 Å². The largest absolute Gasteiger partial charge is 0.507 e. The number of benzene rings is 2. The minimum atomic E-state index is -0.753. The fourth-order valence-electron chi connectivity index (χ4n) is 3.67. The van der Waals surface area contributed by atoms with Crippen LogP contribution >= 0.6 is 11.6 Å². The van der Waals surface area contributed by atoms with Crippen LogP contribution in [0.5, 0.6) is 11.5 Å². The van der Waals surface area contributed by atoms with Crippen molar-refractivity contribution < 1.29 is 24.2 Å². The topological polar surface area (TPSA) is 79.3 Å². The van der Waals surface area contributed by atoms with Crippen molar-refractivity contribution in [3.63, 3.8) is 0 Å². The number of Topliss-reactive ketones (excluding diaryl/α,β-unsaturated/α-hetero) is 1. The molecule has 1 atom stereocenters. The third kappa shape index (κ3) is 4.74. The Balaban J connectivity index is 2.17. The molecule has 7 nitrogen and oxygen atoms in total. The summed E-state index contributed by atoms with van der Waals surface area (Å²) in [6, 6.07) is 11.2. The number of ketones is 1. The molecule has 0 spiro atoms. The molecular weight excluding hydrogens is 432 g/mol. The Hall–Kier alpha value is -3.03. The molecule has 1 aliphatic rings. The number of ether oxygens (including phenoxy) is 2. The van der Waals surface area contributed by atoms with E-state index >= 15 is 0 Å². The summed E-state index contributed by atoms with van der Waals surface area (Å²) in [6.45, 7) is 3.24. The standard InChI is InChI=1S/C24H27ClN2O5/c1-5-32-17-8-6-7-15(13-17)21-20(23(29)24(30)27(21)12-11-26(2)3)22(28)16-9-10-18(25)19(14-16)31-4/h6-10,13-14,21,28H,5,11-12H2,1-4H3/b22-20-. The predicted molar refractivity (Wildman–Crippen MR) is 123 cm³/mol. The van der Waals surface area contributed by atoms with E-state index in [0.29, 0.717) is 47.3 Å². The zero-order valence-corrected chi connectivity index (χ0v) is 19.3. The number of hydrogen-bond acceptors (Lipinski definition) is 6. The highest BCUT2D eigenvalue weighted by atomic mass is 35.5. The van der Waals surface area contributed by atoms with Crippen LogP contribution in [0.15, 0.2) is 48.0 Å². The summed E-state index contributed by atoms with van der Waals surface area (Å²) in [5, 5.41) is 11.5. The number of aliphatic hydroxyl groups is 1. The third-order valence-electron chi connectivity index (χ3n) is 5.24. The molecule has 1 fully saturated rings. The molecule has 2 aromatic rings. The van der Waals surface area contributed by atoms with Crippen molar-refractivity contribution in [2.45, 2.75) is 13.0 Å². The number of likely N-dealkylation sites (tertiary alicyclic amines) is 1. The van der Waals surface area contributed by atoms with Crippen molar-refractivity contribution in [1.29, 1.82) is 0 Å². The normalized spacial score (nSPS) is 17.8. The van der Waals surface area contributed by atoms with Crippen LogP contribution in [0.4, 0.5) is 0 Å². The van der Waals surface area contributed by atoms with Gasteiger partial charge < -0.3 is 24.4 Å². The second-order valence-corrected chi connectivity index (χ2v) is 8.06. The molecule has 3 rings (SSSR count). The van der Waals surface area contributed by atoms with Gasteiger partial charge >= 0.3 is 0 Å². The Kier molecular flexibility index (Phi) is 7.43. The summed E-state index contributed by atoms with van der Waals surface area (Å²) >= 11 is 6.11. The SMILES string of the molecule is CCOc1cccc(C2/C(=C(/O)c3ccc(Cl)c(OC)c3)C(=O)C(=O)N2CCN(C)C)c1. The van der Waals surface area contributed by atoms with E-state index in [0.717, 1.165) is 0 Å². The van der Waals surface area contributed by atoms with E-state index in [9.17, 15) is 14.7 Å². The number of methoxy groups -OCH3 is 1. The monoisotopic (exact) mass is 458 g/mol. The molecule has 170 valence electrons. The maximum Gasteiger partial charge on any atom is 0.295 e. The minimum absolute atomic E-state index is 0.0202. The van der Waals surface area contributed by atoms with Gasteiger partial charge in [0.1, 0.15) is 17.3 Å². The number of hydrogen-bond donors (Lipinski definition) is 1. The number of nitrogens with zero attached hydrogens (tertiary/aromatic N) is 2. The van der Waals surface area contributed by atoms with E-state index in [1.807, 2.05) is 38.1 Å². The summed E-state index contributed by atoms with van der Waals surface area (Å²) in [5.74, 6) is -0.690. The van der Waals surface area contributed by atoms with Crippen molar-refractivity contribution in [1.82, 2.24) is 9.80 Å². The minimum Gasteiger partial charge on any atom is -0.507 e. The smallest absolute Gasteiger partial charge is 0.295 e. The third-order valence-corrected chi connectivity index (χ3v) is 5.55. The lowest BCUT2D eigenvalue weighted by molar-refractivity contribution is -0.140. The van der Waals surface area contributed by atoms with E-state index < -0.39 is 17.7 Å². The number of carbonyl (C=O) groups is 2. The van der Waals surface area contributed by atoms with Gasteiger partial charge in [0.25, 0.3) is 11.7 Å². The van der Waals surface area contributed by atoms with Gasteiger partial charge in [-0.2, -0.15) is 0 Å². The Bertz CT molecular complexity index is 1050. The van der Waals surface area contributed by atoms with Crippen LogP contribution in [0.2, 0.25) is 5.02 Å². The zero-order valence-electron chi connectivity index (χ0n) is 18.6. The highest BCUT2D eigenvalue weighted by Crippen LogP contribution is 2.41. The van der Waals surface area contributed by atoms with E-state index in [2.05, 4.69) is 0 Å². The summed E-state index contributed by atoms with van der Waals surface area (Å²) in [7, 11) is 5.24. The highest BCUT2D eigenvalue weighted by molar-refractivity contribution is 6.46. The number of likely N-dealkylation sites (N-methyl/N-ethyl adjacent to an activating group) is 1. The summed E-state index contributed by atoms with van der Waals surface area (Å²) < 4.78 is 10.8. The van der Waals surface area contributed by atoms with Crippen LogP contribution in [-0.4, -0.2) is 67.5 Å². The second kappa shape index (κ2) is 10.1. The summed E-state index contributed by atoms with van der Waals surface area (Å²) in [5.41, 5.74) is 1.03. The molecule has 1 aliphatic heterocycles. The fraction of sp³-hybridized carbons (Fsp3) is 0.333. The maximum absolute atomic E-state index is 13.1. The molecule has 1 N–H and O–H groups in total. The van der Waals surface area contributed by atoms with E-state index in [-0.39, 0.29) is 11.3 Å². The molecular formula is C24H27ClN2O5. The Morgan fingerprint density at radius 1 is 1.19 bits per heavy atom. The van der Waals surface area contributed by atoms with Gasteiger partial charge in [-0.15, -0.1) is 0 Å². The summed E-state index contributed by atoms with van der Waals surface area (Å²) in [6.07, 6.45) is 0. The quantitative estimate of drug-likeness (QED) is 0.369. The summed E-state index contributed by atoms with van der Waals surface area (Å²) in [4.78, 5) is 29.5. The first kappa shape index (κ1) is 23.6. The van der Waals surface area contributed by atoms with Crippen molar-refractivity contribution in [3.05, 3.63) is 64.2 Å². The zero-order chi connectivity index (χ0) is 23.4. The number of amides is 1. The van der Waals surface area contributed by atoms with Crippen molar-refractivity contribution >= 4 is 29.1 Å². The van der Waals surface area contributed by atoms with E-state index in [1.165, 1.54) is 12.0 Å². The molecule has 1 heterocycles. The van der Waals surface area contributed by atoms with E-state index in [4.69, 9.17) is 21.1 Å². The van der Waals surface area contributed by atoms with Crippen molar-refractivity contribution in [3.8, 4) is 11.5 Å². The van der Waals surface area contributed by atoms with Crippen LogP contribution in [0.25, 0.3) is 5.76 Å². The molecule has 1 unspecified atom stereocenters. The van der Waals surface area contributed by atoms with Gasteiger partial charge in [0.2, 0.25) is 0 Å². The van der Waals surface area contributed by atoms with Gasteiger partial charge in [0.15, 0.2) is 0 Å². The number of aliphatic hydroxyl groups excluding tert-OH is 1. The first-order valence-corrected chi connectivity index (χ1v) is 10.7. The molecule has 2 aromatic carbocycles. The first-order valence-electron chi connectivity index (χ1n) is 10.3. The van der Waals surface area contributed by atoms with Gasteiger partial charge in [-0.05, 0) is 56.9 Å². The molecule has 8 heteroatoms. The van der Waals surface area contributed by atoms with Gasteiger partial charge in [-0.25, -0.2) is 0 Å². The Morgan fingerprint density at radius 3 is 2.59 bits per heavy atom. The average Bonchev–Trinajstić information content (AvgIpc) is 3.02. The highest BCUT2D eigenvalue weighted by Gasteiger charge is 2.46. The molecule has 0 aliphatic carbocycles. The Labute approximate surface area is 192 Å². The lowest BCUT2D eigenvalue weighted by Gasteiger charge is -2.27. The molecule has 0 saturated carbocycles. The lowest BCUT2D eigenvalue weighted by Crippen LogP contribution is -2.35. The van der Waals surface area contributed by atoms with Gasteiger partial charge in [-0.1, -0.05) is 23.7 Å². The first-order chi connectivity index (χ1) is 15.3. The molecule has 0 bridgehead atoms. The number of halogens is 1. The van der Waals surface area contributed by atoms with Crippen LogP contribution in [-0.2, 0) is 9.59 Å². The van der Waals surface area contributed by atoms with Crippen LogP contribution in [0.3, 0.4) is 0 Å². The molecule has 1 amide bonds. The van der Waals surface area contributed by atoms with Crippen molar-refractivity contribution in [2.75, 3.05) is 40.9 Å². The van der Waals surface area contributed by atoms with E-state index in [1.54, 1.807) is 30.3 Å². The maximum atomic E-state index is 13.1. The van der Waals surface area contributed by atoms with Crippen LogP contribution in [0.1, 0.15) is 24.1 Å². The molecule has 0 aromatic heterocycles. The molecule has 0 radical (unpaired) electrons. The van der Waals surface area contributed by atoms with Crippen molar-refractivity contribution in [2.24, 2.45) is 0 Å². The van der Waals surface area contributed by atoms with Gasteiger partial charge in [0, 0.05) is 18.7 Å². The van der Waals surface area contributed by atoms with Crippen LogP contribution in [0, 0.1) is 0 Å². The number of rotatable bonds is 8. The fourth-order valence-corrected chi connectivity index (χ4v) is 3.86. The predicted octanol–water partition coefficient (Wildman–Crippen LogP) is 3.73. The second-order valence-electron chi connectivity index (χ2n) is 7.65. The lowest BCUT2D eigenvalue weighted by atomic mass is 9.95. The molecule has 1 saturated heterocycles. The van der Waals surface area contributed by atoms with Gasteiger partial charge in [0.05, 0.1) is 30.4 Å². The Morgan fingerprint density at radius 2 is 1.94 bits per heavy atom. The number of carbonyl (C=O) groups excluding carboxylic acids is 2.